The molecule has 2 aliphatic carbocycles. The SMILES string of the molecule is COc1cc2c3c(c1O)C1(CCC(O)CC1OC)CCC3N(C)CC2. The number of hydrogen-bond donors (Lipinski definition) is 2. The number of aromatic hydroxyl groups is 1. The Morgan fingerprint density at radius 1 is 1.24 bits per heavy atom. The van der Waals surface area contributed by atoms with E-state index in [2.05, 4.69) is 11.9 Å². The van der Waals surface area contributed by atoms with Crippen LogP contribution in [0, 0.1) is 0 Å². The number of rotatable bonds is 2. The molecule has 0 bridgehead atoms. The molecule has 4 atom stereocenters. The van der Waals surface area contributed by atoms with E-state index in [9.17, 15) is 10.2 Å². The van der Waals surface area contributed by atoms with E-state index in [1.807, 2.05) is 6.07 Å². The van der Waals surface area contributed by atoms with Crippen LogP contribution in [0.25, 0.3) is 0 Å². The molecule has 2 N–H and O–H groups in total. The summed E-state index contributed by atoms with van der Waals surface area (Å²) in [5.41, 5.74) is 3.39. The molecule has 1 heterocycles. The molecule has 5 nitrogen and oxygen atoms in total. The molecule has 5 heteroatoms. The van der Waals surface area contributed by atoms with Crippen LogP contribution in [-0.4, -0.2) is 55.1 Å². The second-order valence-electron chi connectivity index (χ2n) is 7.97. The van der Waals surface area contributed by atoms with Crippen LogP contribution in [0.2, 0.25) is 0 Å². The largest absolute Gasteiger partial charge is 0.504 e. The van der Waals surface area contributed by atoms with Crippen LogP contribution in [-0.2, 0) is 16.6 Å². The molecule has 25 heavy (non-hydrogen) atoms. The first-order valence-corrected chi connectivity index (χ1v) is 9.36. The van der Waals surface area contributed by atoms with Gasteiger partial charge in [0.25, 0.3) is 0 Å². The first-order chi connectivity index (χ1) is 12.0. The van der Waals surface area contributed by atoms with E-state index < -0.39 is 0 Å². The number of phenolic OH excluding ortho intramolecular Hbond substituents is 1. The number of aliphatic hydroxyl groups is 1. The summed E-state index contributed by atoms with van der Waals surface area (Å²) in [6, 6.07) is 2.37. The van der Waals surface area contributed by atoms with Gasteiger partial charge < -0.3 is 19.7 Å². The highest BCUT2D eigenvalue weighted by Crippen LogP contribution is 2.58. The van der Waals surface area contributed by atoms with E-state index in [1.54, 1.807) is 14.2 Å². The lowest BCUT2D eigenvalue weighted by Gasteiger charge is -2.52. The van der Waals surface area contributed by atoms with Crippen molar-refractivity contribution in [3.63, 3.8) is 0 Å². The Balaban J connectivity index is 1.95. The summed E-state index contributed by atoms with van der Waals surface area (Å²) in [5, 5.41) is 21.3. The first kappa shape index (κ1) is 17.1. The van der Waals surface area contributed by atoms with E-state index in [4.69, 9.17) is 9.47 Å². The van der Waals surface area contributed by atoms with Gasteiger partial charge in [-0.3, -0.25) is 4.90 Å². The van der Waals surface area contributed by atoms with Crippen LogP contribution in [0.3, 0.4) is 0 Å². The minimum atomic E-state index is -0.320. The van der Waals surface area contributed by atoms with E-state index >= 15 is 0 Å². The van der Waals surface area contributed by atoms with Crippen molar-refractivity contribution >= 4 is 0 Å². The van der Waals surface area contributed by atoms with E-state index in [1.165, 1.54) is 11.1 Å². The fourth-order valence-electron chi connectivity index (χ4n) is 5.59. The summed E-state index contributed by atoms with van der Waals surface area (Å²) < 4.78 is 11.4. The summed E-state index contributed by atoms with van der Waals surface area (Å²) in [6.45, 7) is 1.03. The van der Waals surface area contributed by atoms with Crippen molar-refractivity contribution in [1.82, 2.24) is 4.90 Å². The topological polar surface area (TPSA) is 62.2 Å². The quantitative estimate of drug-likeness (QED) is 0.861. The van der Waals surface area contributed by atoms with Crippen LogP contribution in [0.4, 0.5) is 0 Å². The maximum absolute atomic E-state index is 11.1. The molecular weight excluding hydrogens is 318 g/mol. The molecule has 1 aromatic carbocycles. The number of phenols is 1. The van der Waals surface area contributed by atoms with Crippen LogP contribution in [0.15, 0.2) is 6.07 Å². The zero-order valence-corrected chi connectivity index (χ0v) is 15.4. The van der Waals surface area contributed by atoms with Gasteiger partial charge in [0.15, 0.2) is 11.5 Å². The zero-order valence-electron chi connectivity index (χ0n) is 15.4. The Bertz CT molecular complexity index is 676. The van der Waals surface area contributed by atoms with Crippen molar-refractivity contribution in [2.24, 2.45) is 0 Å². The van der Waals surface area contributed by atoms with Gasteiger partial charge >= 0.3 is 0 Å². The third kappa shape index (κ3) is 2.40. The van der Waals surface area contributed by atoms with Crippen LogP contribution < -0.4 is 4.74 Å². The standard InChI is InChI=1S/C20H29NO4/c1-21-9-6-12-10-15(24-2)19(23)18-17(12)14(21)5-8-20(18)7-4-13(22)11-16(20)25-3/h10,13-14,16,22-23H,4-9,11H2,1-3H3. The average molecular weight is 347 g/mol. The third-order valence-corrected chi connectivity index (χ3v) is 6.88. The number of hydrogen-bond acceptors (Lipinski definition) is 5. The van der Waals surface area contributed by atoms with Crippen molar-refractivity contribution in [2.45, 2.75) is 62.2 Å². The molecule has 0 saturated heterocycles. The summed E-state index contributed by atoms with van der Waals surface area (Å²) >= 11 is 0. The summed E-state index contributed by atoms with van der Waals surface area (Å²) in [4.78, 5) is 2.41. The summed E-state index contributed by atoms with van der Waals surface area (Å²) in [6.07, 6.45) is 4.84. The van der Waals surface area contributed by atoms with Crippen LogP contribution >= 0.6 is 0 Å². The second kappa shape index (κ2) is 6.15. The predicted molar refractivity (Wildman–Crippen MR) is 95.3 cm³/mol. The molecule has 1 saturated carbocycles. The minimum Gasteiger partial charge on any atom is -0.504 e. The highest BCUT2D eigenvalue weighted by molar-refractivity contribution is 5.60. The Kier molecular flexibility index (Phi) is 4.21. The Morgan fingerprint density at radius 2 is 2.00 bits per heavy atom. The molecule has 4 unspecified atom stereocenters. The van der Waals surface area contributed by atoms with Crippen molar-refractivity contribution in [2.75, 3.05) is 27.8 Å². The van der Waals surface area contributed by atoms with E-state index in [-0.39, 0.29) is 23.4 Å². The van der Waals surface area contributed by atoms with Gasteiger partial charge in [-0.15, -0.1) is 0 Å². The molecule has 0 amide bonds. The molecular formula is C20H29NO4. The highest BCUT2D eigenvalue weighted by atomic mass is 16.5. The normalized spacial score (nSPS) is 34.8. The first-order valence-electron chi connectivity index (χ1n) is 9.36. The van der Waals surface area contributed by atoms with Gasteiger partial charge in [-0.05, 0) is 56.3 Å². The fraction of sp³-hybridized carbons (Fsp3) is 0.700. The lowest BCUT2D eigenvalue weighted by Crippen LogP contribution is -2.51. The van der Waals surface area contributed by atoms with Crippen molar-refractivity contribution in [3.05, 3.63) is 22.8 Å². The molecule has 1 aromatic rings. The van der Waals surface area contributed by atoms with E-state index in [0.717, 1.165) is 44.2 Å². The number of fused-ring (bicyclic) bond motifs is 1. The lowest BCUT2D eigenvalue weighted by molar-refractivity contribution is -0.0548. The molecule has 3 aliphatic rings. The monoisotopic (exact) mass is 347 g/mol. The van der Waals surface area contributed by atoms with Gasteiger partial charge in [0.05, 0.1) is 19.3 Å². The minimum absolute atomic E-state index is 0.0773. The molecule has 1 fully saturated rings. The van der Waals surface area contributed by atoms with Gasteiger partial charge in [-0.25, -0.2) is 0 Å². The zero-order chi connectivity index (χ0) is 17.8. The molecule has 0 aromatic heterocycles. The maximum Gasteiger partial charge on any atom is 0.161 e. The van der Waals surface area contributed by atoms with Crippen molar-refractivity contribution in [3.8, 4) is 11.5 Å². The van der Waals surface area contributed by atoms with Crippen molar-refractivity contribution in [1.29, 1.82) is 0 Å². The van der Waals surface area contributed by atoms with Crippen molar-refractivity contribution < 1.29 is 19.7 Å². The molecule has 0 radical (unpaired) electrons. The number of ether oxygens (including phenoxy) is 2. The number of aliphatic hydroxyl groups excluding tert-OH is 1. The van der Waals surface area contributed by atoms with Gasteiger partial charge in [-0.2, -0.15) is 0 Å². The summed E-state index contributed by atoms with van der Waals surface area (Å²) in [7, 11) is 5.52. The number of benzene rings is 1. The molecule has 1 aliphatic heterocycles. The summed E-state index contributed by atoms with van der Waals surface area (Å²) in [5.74, 6) is 0.846. The third-order valence-electron chi connectivity index (χ3n) is 6.88. The number of methoxy groups -OCH3 is 2. The maximum atomic E-state index is 11.1. The van der Waals surface area contributed by atoms with Crippen LogP contribution in [0.5, 0.6) is 11.5 Å². The van der Waals surface area contributed by atoms with Gasteiger partial charge in [0, 0.05) is 37.1 Å². The van der Waals surface area contributed by atoms with Gasteiger partial charge in [-0.1, -0.05) is 0 Å². The Morgan fingerprint density at radius 3 is 2.72 bits per heavy atom. The Labute approximate surface area is 149 Å². The Hall–Kier alpha value is -1.30. The van der Waals surface area contributed by atoms with E-state index in [0.29, 0.717) is 18.2 Å². The molecule has 4 rings (SSSR count). The average Bonchev–Trinajstić information content (AvgIpc) is 2.62. The van der Waals surface area contributed by atoms with Gasteiger partial charge in [0.1, 0.15) is 0 Å². The molecule has 138 valence electrons. The molecule has 1 spiro atoms. The van der Waals surface area contributed by atoms with Gasteiger partial charge in [0.2, 0.25) is 0 Å². The predicted octanol–water partition coefficient (Wildman–Crippen LogP) is 2.52. The second-order valence-corrected chi connectivity index (χ2v) is 7.97. The fourth-order valence-corrected chi connectivity index (χ4v) is 5.59. The van der Waals surface area contributed by atoms with Crippen LogP contribution in [0.1, 0.15) is 54.8 Å². The smallest absolute Gasteiger partial charge is 0.161 e. The lowest BCUT2D eigenvalue weighted by atomic mass is 9.58. The number of nitrogens with zero attached hydrogens (tertiary/aromatic N) is 1. The highest BCUT2D eigenvalue weighted by Gasteiger charge is 2.52. The number of likely N-dealkylation sites (N-methyl/N-ethyl adjacent to an activating group) is 1.